The topological polar surface area (TPSA) is 87.4 Å². The van der Waals surface area contributed by atoms with Crippen LogP contribution in [0.4, 0.5) is 0 Å². The van der Waals surface area contributed by atoms with E-state index >= 15 is 0 Å². The van der Waals surface area contributed by atoms with Crippen LogP contribution in [0.15, 0.2) is 65.6 Å². The molecule has 34 heavy (non-hydrogen) atoms. The smallest absolute Gasteiger partial charge is 0.260 e. The third-order valence-electron chi connectivity index (χ3n) is 5.58. The Balaban J connectivity index is 1.70. The fraction of sp³-hybridized carbons (Fsp3) is 0.0769. The van der Waals surface area contributed by atoms with Crippen LogP contribution in [0.1, 0.15) is 21.8 Å². The van der Waals surface area contributed by atoms with Crippen molar-refractivity contribution < 1.29 is 0 Å². The van der Waals surface area contributed by atoms with Crippen molar-refractivity contribution in [2.75, 3.05) is 0 Å². The molecule has 0 aliphatic carbocycles. The van der Waals surface area contributed by atoms with Gasteiger partial charge in [-0.3, -0.25) is 4.79 Å². The third-order valence-corrected chi connectivity index (χ3v) is 6.91. The van der Waals surface area contributed by atoms with Gasteiger partial charge in [-0.05, 0) is 49.8 Å². The SMILES string of the molecule is Cc1sc2nc(/C(C#N)=C/c3cn(-c4ccccc4)nc3-c3cccc(Cl)c3)[nH]c(=O)c2c1C. The molecular formula is C26H18ClN5OS. The Labute approximate surface area is 204 Å². The molecule has 0 radical (unpaired) electrons. The summed E-state index contributed by atoms with van der Waals surface area (Å²) in [4.78, 5) is 21.8. The number of hydrogen-bond acceptors (Lipinski definition) is 5. The maximum atomic E-state index is 12.8. The van der Waals surface area contributed by atoms with Crippen LogP contribution in [0, 0.1) is 25.2 Å². The van der Waals surface area contributed by atoms with E-state index in [2.05, 4.69) is 16.0 Å². The Kier molecular flexibility index (Phi) is 5.62. The number of allylic oxidation sites excluding steroid dienone is 1. The van der Waals surface area contributed by atoms with Crippen LogP contribution in [0.2, 0.25) is 5.02 Å². The van der Waals surface area contributed by atoms with E-state index in [4.69, 9.17) is 16.7 Å². The standard InChI is InChI=1S/C26H18ClN5OS/c1-15-16(2)34-26-22(15)25(33)29-24(30-26)18(13-28)11-19-14-32(21-9-4-3-5-10-21)31-23(19)17-7-6-8-20(27)12-17/h3-12,14H,1-2H3,(H,29,30,33)/b18-11+. The van der Waals surface area contributed by atoms with Crippen molar-refractivity contribution in [2.24, 2.45) is 0 Å². The largest absolute Gasteiger partial charge is 0.305 e. The molecule has 2 aromatic carbocycles. The average Bonchev–Trinajstić information content (AvgIpc) is 3.38. The summed E-state index contributed by atoms with van der Waals surface area (Å²) in [7, 11) is 0. The van der Waals surface area contributed by atoms with Crippen LogP contribution >= 0.6 is 22.9 Å². The minimum absolute atomic E-state index is 0.228. The lowest BCUT2D eigenvalue weighted by Crippen LogP contribution is -2.10. The van der Waals surface area contributed by atoms with Crippen molar-refractivity contribution in [1.29, 1.82) is 5.26 Å². The molecule has 1 N–H and O–H groups in total. The van der Waals surface area contributed by atoms with Gasteiger partial charge >= 0.3 is 0 Å². The van der Waals surface area contributed by atoms with Gasteiger partial charge in [0.1, 0.15) is 16.6 Å². The molecule has 5 aromatic rings. The lowest BCUT2D eigenvalue weighted by molar-refractivity contribution is 0.884. The second-order valence-corrected chi connectivity index (χ2v) is 9.41. The number of rotatable bonds is 4. The van der Waals surface area contributed by atoms with Gasteiger partial charge in [0, 0.05) is 27.2 Å². The highest BCUT2D eigenvalue weighted by atomic mass is 35.5. The molecule has 3 heterocycles. The summed E-state index contributed by atoms with van der Waals surface area (Å²) in [6.07, 6.45) is 3.54. The zero-order chi connectivity index (χ0) is 23.8. The Hall–Kier alpha value is -3.99. The first-order chi connectivity index (χ1) is 16.4. The number of hydrogen-bond donors (Lipinski definition) is 1. The maximum Gasteiger partial charge on any atom is 0.260 e. The van der Waals surface area contributed by atoms with Gasteiger partial charge in [0.2, 0.25) is 0 Å². The molecule has 0 saturated heterocycles. The summed E-state index contributed by atoms with van der Waals surface area (Å²) in [5.74, 6) is 0.228. The fourth-order valence-electron chi connectivity index (χ4n) is 3.76. The number of fused-ring (bicyclic) bond motifs is 1. The zero-order valence-corrected chi connectivity index (χ0v) is 19.9. The molecule has 5 rings (SSSR count). The Morgan fingerprint density at radius 2 is 1.97 bits per heavy atom. The van der Waals surface area contributed by atoms with Gasteiger partial charge in [-0.2, -0.15) is 10.4 Å². The van der Waals surface area contributed by atoms with E-state index in [1.165, 1.54) is 11.3 Å². The molecule has 0 unspecified atom stereocenters. The van der Waals surface area contributed by atoms with Gasteiger partial charge in [0.25, 0.3) is 5.56 Å². The first-order valence-electron chi connectivity index (χ1n) is 10.5. The average molecular weight is 484 g/mol. The van der Waals surface area contributed by atoms with Crippen molar-refractivity contribution in [1.82, 2.24) is 19.7 Å². The molecule has 0 aliphatic rings. The summed E-state index contributed by atoms with van der Waals surface area (Å²) in [5.41, 5.74) is 3.94. The van der Waals surface area contributed by atoms with Crippen molar-refractivity contribution in [3.05, 3.63) is 98.0 Å². The number of nitrogens with zero attached hydrogens (tertiary/aromatic N) is 4. The first kappa shape index (κ1) is 21.8. The lowest BCUT2D eigenvalue weighted by Gasteiger charge is -2.02. The minimum atomic E-state index is -0.252. The molecule has 8 heteroatoms. The minimum Gasteiger partial charge on any atom is -0.305 e. The number of aromatic nitrogens is 4. The number of aromatic amines is 1. The lowest BCUT2D eigenvalue weighted by atomic mass is 10.1. The van der Waals surface area contributed by atoms with Crippen LogP contribution in [0.3, 0.4) is 0 Å². The number of H-pyrrole nitrogens is 1. The van der Waals surface area contributed by atoms with E-state index in [-0.39, 0.29) is 17.0 Å². The molecule has 0 amide bonds. The van der Waals surface area contributed by atoms with E-state index in [1.54, 1.807) is 16.8 Å². The van der Waals surface area contributed by atoms with E-state index in [9.17, 15) is 10.1 Å². The molecule has 0 bridgehead atoms. The van der Waals surface area contributed by atoms with Gasteiger partial charge in [-0.15, -0.1) is 11.3 Å². The van der Waals surface area contributed by atoms with Gasteiger partial charge in [-0.1, -0.05) is 41.9 Å². The first-order valence-corrected chi connectivity index (χ1v) is 11.7. The molecule has 6 nitrogen and oxygen atoms in total. The third kappa shape index (κ3) is 3.94. The van der Waals surface area contributed by atoms with Crippen molar-refractivity contribution in [3.8, 4) is 23.0 Å². The summed E-state index contributed by atoms with van der Waals surface area (Å²) >= 11 is 7.68. The fourth-order valence-corrected chi connectivity index (χ4v) is 4.98. The Morgan fingerprint density at radius 1 is 1.18 bits per heavy atom. The van der Waals surface area contributed by atoms with Crippen LogP contribution in [0.5, 0.6) is 0 Å². The molecule has 0 saturated carbocycles. The normalized spacial score (nSPS) is 11.6. The van der Waals surface area contributed by atoms with Gasteiger partial charge in [0.05, 0.1) is 16.6 Å². The molecule has 0 fully saturated rings. The van der Waals surface area contributed by atoms with Crippen molar-refractivity contribution >= 4 is 44.8 Å². The summed E-state index contributed by atoms with van der Waals surface area (Å²) < 4.78 is 1.75. The van der Waals surface area contributed by atoms with Crippen LogP contribution < -0.4 is 5.56 Å². The monoisotopic (exact) mass is 483 g/mol. The highest BCUT2D eigenvalue weighted by Crippen LogP contribution is 2.30. The summed E-state index contributed by atoms with van der Waals surface area (Å²) in [6, 6.07) is 19.3. The van der Waals surface area contributed by atoms with E-state index < -0.39 is 0 Å². The van der Waals surface area contributed by atoms with E-state index in [0.717, 1.165) is 21.7 Å². The summed E-state index contributed by atoms with van der Waals surface area (Å²) in [6.45, 7) is 3.86. The number of halogens is 1. The van der Waals surface area contributed by atoms with E-state index in [0.29, 0.717) is 26.5 Å². The highest BCUT2D eigenvalue weighted by molar-refractivity contribution is 7.18. The van der Waals surface area contributed by atoms with E-state index in [1.807, 2.05) is 68.6 Å². The number of aryl methyl sites for hydroxylation is 2. The number of benzene rings is 2. The van der Waals surface area contributed by atoms with Crippen LogP contribution in [-0.2, 0) is 0 Å². The van der Waals surface area contributed by atoms with Crippen molar-refractivity contribution in [2.45, 2.75) is 13.8 Å². The van der Waals surface area contributed by atoms with Gasteiger partial charge < -0.3 is 4.98 Å². The molecule has 3 aromatic heterocycles. The van der Waals surface area contributed by atoms with Gasteiger partial charge in [0.15, 0.2) is 5.82 Å². The molecular weight excluding hydrogens is 466 g/mol. The van der Waals surface area contributed by atoms with Crippen molar-refractivity contribution in [3.63, 3.8) is 0 Å². The highest BCUT2D eigenvalue weighted by Gasteiger charge is 2.16. The predicted molar refractivity (Wildman–Crippen MR) is 137 cm³/mol. The molecule has 0 atom stereocenters. The predicted octanol–water partition coefficient (Wildman–Crippen LogP) is 6.17. The number of thiophene rings is 1. The zero-order valence-electron chi connectivity index (χ0n) is 18.3. The Bertz CT molecular complexity index is 1670. The number of nitriles is 1. The second-order valence-electron chi connectivity index (χ2n) is 7.77. The second kappa shape index (κ2) is 8.75. The number of para-hydroxylation sites is 1. The maximum absolute atomic E-state index is 12.8. The van der Waals surface area contributed by atoms with Gasteiger partial charge in [-0.25, -0.2) is 9.67 Å². The quantitative estimate of drug-likeness (QED) is 0.309. The van der Waals surface area contributed by atoms with Crippen LogP contribution in [0.25, 0.3) is 38.8 Å². The summed E-state index contributed by atoms with van der Waals surface area (Å²) in [5, 5.41) is 15.9. The molecule has 0 aliphatic heterocycles. The molecule has 0 spiro atoms. The Morgan fingerprint density at radius 3 is 2.71 bits per heavy atom. The number of nitrogens with one attached hydrogen (secondary N) is 1. The van der Waals surface area contributed by atoms with Crippen LogP contribution in [-0.4, -0.2) is 19.7 Å². The molecule has 166 valence electrons.